The highest BCUT2D eigenvalue weighted by atomic mass is 32.1. The van der Waals surface area contributed by atoms with Crippen LogP contribution in [0.4, 0.5) is 0 Å². The number of hydrogen-bond donors (Lipinski definition) is 0. The van der Waals surface area contributed by atoms with Crippen LogP contribution in [0.3, 0.4) is 0 Å². The number of likely N-dealkylation sites (tertiary alicyclic amines) is 1. The number of aryl methyl sites for hydroxylation is 2. The third kappa shape index (κ3) is 3.65. The molecule has 2 aromatic rings. The Morgan fingerprint density at radius 1 is 1.42 bits per heavy atom. The van der Waals surface area contributed by atoms with E-state index in [4.69, 9.17) is 9.47 Å². The van der Waals surface area contributed by atoms with Crippen molar-refractivity contribution in [3.05, 3.63) is 45.7 Å². The molecule has 7 heteroatoms. The highest BCUT2D eigenvalue weighted by Crippen LogP contribution is 2.36. The number of nitrogens with zero attached hydrogens (tertiary/aromatic N) is 3. The fraction of sp³-hybridized carbons (Fsp3) is 0.526. The lowest BCUT2D eigenvalue weighted by atomic mass is 9.84. The van der Waals surface area contributed by atoms with Gasteiger partial charge in [0.15, 0.2) is 0 Å². The maximum atomic E-state index is 12.6. The van der Waals surface area contributed by atoms with Crippen LogP contribution in [0.2, 0.25) is 0 Å². The summed E-state index contributed by atoms with van der Waals surface area (Å²) in [5, 5.41) is 3.11. The van der Waals surface area contributed by atoms with Gasteiger partial charge in [-0.3, -0.25) is 9.78 Å². The first-order valence-electron chi connectivity index (χ1n) is 8.91. The van der Waals surface area contributed by atoms with Crippen molar-refractivity contribution in [1.82, 2.24) is 14.9 Å². The van der Waals surface area contributed by atoms with Crippen LogP contribution in [-0.2, 0) is 16.1 Å². The molecular formula is C19H23N3O3S. The summed E-state index contributed by atoms with van der Waals surface area (Å²) in [5.41, 5.74) is 2.28. The minimum absolute atomic E-state index is 0.0210. The van der Waals surface area contributed by atoms with Gasteiger partial charge in [-0.25, -0.2) is 4.98 Å². The maximum Gasteiger partial charge on any atom is 0.255 e. The van der Waals surface area contributed by atoms with Gasteiger partial charge < -0.3 is 14.4 Å². The van der Waals surface area contributed by atoms with E-state index in [1.807, 2.05) is 36.3 Å². The molecule has 2 saturated heterocycles. The molecule has 26 heavy (non-hydrogen) atoms. The van der Waals surface area contributed by atoms with E-state index in [0.29, 0.717) is 31.9 Å². The van der Waals surface area contributed by atoms with E-state index in [1.54, 1.807) is 17.5 Å². The number of carbonyl (C=O) groups is 1. The number of thiazole rings is 1. The van der Waals surface area contributed by atoms with Gasteiger partial charge in [-0.05, 0) is 32.4 Å². The first-order chi connectivity index (χ1) is 12.5. The maximum absolute atomic E-state index is 12.6. The van der Waals surface area contributed by atoms with Crippen LogP contribution in [0.25, 0.3) is 0 Å². The molecule has 1 atom stereocenters. The number of rotatable bonds is 4. The quantitative estimate of drug-likeness (QED) is 0.825. The molecule has 4 heterocycles. The highest BCUT2D eigenvalue weighted by molar-refractivity contribution is 7.09. The van der Waals surface area contributed by atoms with Crippen molar-refractivity contribution >= 4 is 17.2 Å². The van der Waals surface area contributed by atoms with Crippen LogP contribution < -0.4 is 0 Å². The van der Waals surface area contributed by atoms with Gasteiger partial charge in [-0.15, -0.1) is 11.3 Å². The van der Waals surface area contributed by atoms with Gasteiger partial charge in [-0.2, -0.15) is 0 Å². The van der Waals surface area contributed by atoms with Gasteiger partial charge in [-0.1, -0.05) is 0 Å². The molecule has 1 amide bonds. The summed E-state index contributed by atoms with van der Waals surface area (Å²) in [6.45, 7) is 6.37. The van der Waals surface area contributed by atoms with E-state index < -0.39 is 0 Å². The summed E-state index contributed by atoms with van der Waals surface area (Å²) >= 11 is 1.64. The van der Waals surface area contributed by atoms with Crippen molar-refractivity contribution < 1.29 is 14.3 Å². The largest absolute Gasteiger partial charge is 0.372 e. The van der Waals surface area contributed by atoms with Gasteiger partial charge >= 0.3 is 0 Å². The molecule has 1 spiro atoms. The standard InChI is InChI=1S/C19H23N3O3S/c1-13-3-4-15(8-20-13)18(23)22-11-19(12-22)7-17(5-6-25-19)24-9-16-10-26-14(2)21-16/h3-4,8,10,17H,5-7,9,11-12H2,1-2H3. The smallest absolute Gasteiger partial charge is 0.255 e. The van der Waals surface area contributed by atoms with Crippen LogP contribution in [-0.4, -0.2) is 52.2 Å². The first kappa shape index (κ1) is 17.6. The van der Waals surface area contributed by atoms with Gasteiger partial charge in [0, 0.05) is 30.3 Å². The van der Waals surface area contributed by atoms with Crippen molar-refractivity contribution in [3.63, 3.8) is 0 Å². The molecule has 0 bridgehead atoms. The molecule has 2 fully saturated rings. The molecule has 0 aromatic carbocycles. The van der Waals surface area contributed by atoms with Gasteiger partial charge in [0.1, 0.15) is 5.60 Å². The van der Waals surface area contributed by atoms with Crippen LogP contribution in [0, 0.1) is 13.8 Å². The van der Waals surface area contributed by atoms with Crippen LogP contribution in [0.5, 0.6) is 0 Å². The van der Waals surface area contributed by atoms with E-state index in [-0.39, 0.29) is 17.6 Å². The van der Waals surface area contributed by atoms with Crippen LogP contribution in [0.1, 0.15) is 39.6 Å². The summed E-state index contributed by atoms with van der Waals surface area (Å²) in [4.78, 5) is 23.0. The molecule has 6 nitrogen and oxygen atoms in total. The minimum Gasteiger partial charge on any atom is -0.372 e. The zero-order valence-electron chi connectivity index (χ0n) is 15.1. The van der Waals surface area contributed by atoms with Crippen LogP contribution in [0.15, 0.2) is 23.7 Å². The second kappa shape index (κ2) is 7.06. The second-order valence-electron chi connectivity index (χ2n) is 7.16. The Morgan fingerprint density at radius 3 is 2.96 bits per heavy atom. The summed E-state index contributed by atoms with van der Waals surface area (Å²) in [7, 11) is 0. The summed E-state index contributed by atoms with van der Waals surface area (Å²) in [5.74, 6) is 0.0210. The van der Waals surface area contributed by atoms with Crippen molar-refractivity contribution in [3.8, 4) is 0 Å². The third-order valence-corrected chi connectivity index (χ3v) is 5.81. The third-order valence-electron chi connectivity index (χ3n) is 4.98. The Morgan fingerprint density at radius 2 is 2.27 bits per heavy atom. The second-order valence-corrected chi connectivity index (χ2v) is 8.23. The number of aromatic nitrogens is 2. The Kier molecular flexibility index (Phi) is 4.77. The molecule has 0 saturated carbocycles. The Hall–Kier alpha value is -1.83. The molecule has 0 radical (unpaired) electrons. The minimum atomic E-state index is -0.255. The van der Waals surface area contributed by atoms with Crippen molar-refractivity contribution in [2.24, 2.45) is 0 Å². The molecular weight excluding hydrogens is 350 g/mol. The normalized spacial score (nSPS) is 21.6. The number of carbonyl (C=O) groups excluding carboxylic acids is 1. The van der Waals surface area contributed by atoms with E-state index in [0.717, 1.165) is 29.2 Å². The van der Waals surface area contributed by atoms with Crippen LogP contribution >= 0.6 is 11.3 Å². The van der Waals surface area contributed by atoms with E-state index in [1.165, 1.54) is 0 Å². The fourth-order valence-electron chi connectivity index (χ4n) is 3.59. The Balaban J connectivity index is 1.31. The monoisotopic (exact) mass is 373 g/mol. The average Bonchev–Trinajstić information content (AvgIpc) is 3.03. The van der Waals surface area contributed by atoms with E-state index in [9.17, 15) is 4.79 Å². The molecule has 4 rings (SSSR count). The summed E-state index contributed by atoms with van der Waals surface area (Å²) < 4.78 is 12.1. The van der Waals surface area contributed by atoms with E-state index >= 15 is 0 Å². The summed E-state index contributed by atoms with van der Waals surface area (Å²) in [6.07, 6.45) is 3.52. The predicted molar refractivity (Wildman–Crippen MR) is 98.2 cm³/mol. The first-order valence-corrected chi connectivity index (χ1v) is 9.79. The molecule has 0 aliphatic carbocycles. The molecule has 2 aromatic heterocycles. The van der Waals surface area contributed by atoms with Crippen molar-refractivity contribution in [2.75, 3.05) is 19.7 Å². The fourth-order valence-corrected chi connectivity index (χ4v) is 4.19. The molecule has 2 aliphatic heterocycles. The SMILES string of the molecule is Cc1ccc(C(=O)N2CC3(CC(OCc4csc(C)n4)CCO3)C2)cn1. The molecule has 0 N–H and O–H groups in total. The topological polar surface area (TPSA) is 64.6 Å². The zero-order chi connectivity index (χ0) is 18.1. The Labute approximate surface area is 157 Å². The summed E-state index contributed by atoms with van der Waals surface area (Å²) in [6, 6.07) is 3.70. The lowest BCUT2D eigenvalue weighted by Crippen LogP contribution is -2.67. The van der Waals surface area contributed by atoms with Gasteiger partial charge in [0.05, 0.1) is 42.1 Å². The zero-order valence-corrected chi connectivity index (χ0v) is 15.9. The van der Waals surface area contributed by atoms with Gasteiger partial charge in [0.2, 0.25) is 0 Å². The van der Waals surface area contributed by atoms with Crippen molar-refractivity contribution in [2.45, 2.75) is 45.0 Å². The lowest BCUT2D eigenvalue weighted by Gasteiger charge is -2.53. The molecule has 2 aliphatic rings. The molecule has 1 unspecified atom stereocenters. The average molecular weight is 373 g/mol. The number of amides is 1. The highest BCUT2D eigenvalue weighted by Gasteiger charge is 2.49. The Bertz CT molecular complexity index is 784. The van der Waals surface area contributed by atoms with Crippen molar-refractivity contribution in [1.29, 1.82) is 0 Å². The number of hydrogen-bond acceptors (Lipinski definition) is 6. The predicted octanol–water partition coefficient (Wildman–Crippen LogP) is 2.75. The van der Waals surface area contributed by atoms with Gasteiger partial charge in [0.25, 0.3) is 5.91 Å². The molecule has 138 valence electrons. The number of pyridine rings is 1. The number of ether oxygens (including phenoxy) is 2. The lowest BCUT2D eigenvalue weighted by molar-refractivity contribution is -0.188. The van der Waals surface area contributed by atoms with E-state index in [2.05, 4.69) is 9.97 Å².